The van der Waals surface area contributed by atoms with E-state index in [0.717, 1.165) is 30.3 Å². The molecule has 0 aliphatic carbocycles. The normalized spacial score (nSPS) is 27.2. The minimum atomic E-state index is 0.460. The molecule has 2 aliphatic rings. The summed E-state index contributed by atoms with van der Waals surface area (Å²) in [5, 5.41) is 2.40. The van der Waals surface area contributed by atoms with Gasteiger partial charge in [-0.3, -0.25) is 0 Å². The number of fused-ring (bicyclic) bond motifs is 1. The maximum absolute atomic E-state index is 5.78. The largest absolute Gasteiger partial charge is 0.493 e. The van der Waals surface area contributed by atoms with Gasteiger partial charge in [-0.05, 0) is 6.07 Å². The van der Waals surface area contributed by atoms with Crippen molar-refractivity contribution < 1.29 is 29.3 Å². The number of quaternary nitrogens is 3. The average molecular weight is 324 g/mol. The molecule has 3 rings (SSSR count). The van der Waals surface area contributed by atoms with Crippen LogP contribution in [-0.4, -0.2) is 61.1 Å². The van der Waals surface area contributed by atoms with Gasteiger partial charge in [0.2, 0.25) is 5.75 Å². The second-order valence-corrected chi connectivity index (χ2v) is 6.61. The fraction of sp³-hybridized carbons (Fsp3) is 0.647. The number of benzene rings is 1. The molecule has 1 saturated heterocycles. The van der Waals surface area contributed by atoms with E-state index < -0.39 is 0 Å². The van der Waals surface area contributed by atoms with Crippen LogP contribution in [-0.2, 0) is 6.54 Å². The minimum absolute atomic E-state index is 0.460. The molecule has 1 atom stereocenters. The lowest BCUT2D eigenvalue weighted by atomic mass is 9.93. The number of nitrogens with one attached hydrogen (secondary N) is 2. The van der Waals surface area contributed by atoms with E-state index in [9.17, 15) is 0 Å². The van der Waals surface area contributed by atoms with Gasteiger partial charge in [-0.25, -0.2) is 0 Å². The molecule has 0 amide bonds. The summed E-state index contributed by atoms with van der Waals surface area (Å²) in [5.74, 6) is 2.34. The zero-order valence-corrected chi connectivity index (χ0v) is 14.7. The summed E-state index contributed by atoms with van der Waals surface area (Å²) in [4.78, 5) is 3.30. The molecule has 0 radical (unpaired) electrons. The van der Waals surface area contributed by atoms with Crippen molar-refractivity contribution in [2.24, 2.45) is 0 Å². The van der Waals surface area contributed by atoms with Gasteiger partial charge in [0.1, 0.15) is 39.3 Å². The highest BCUT2D eigenvalue weighted by Gasteiger charge is 2.39. The third kappa shape index (κ3) is 2.98. The van der Waals surface area contributed by atoms with Crippen molar-refractivity contribution in [3.63, 3.8) is 0 Å². The van der Waals surface area contributed by atoms with E-state index in [2.05, 4.69) is 18.4 Å². The van der Waals surface area contributed by atoms with Gasteiger partial charge in [0, 0.05) is 5.56 Å². The van der Waals surface area contributed by atoms with Gasteiger partial charge in [0.05, 0.1) is 33.9 Å². The number of methoxy groups -OCH3 is 3. The number of ether oxygens (including phenoxy) is 3. The molecule has 6 nitrogen and oxygen atoms in total. The molecule has 4 N–H and O–H groups in total. The van der Waals surface area contributed by atoms with E-state index in [0.29, 0.717) is 6.04 Å². The first kappa shape index (κ1) is 16.4. The SMILES string of the molecule is COc1cc2c(c(OC)c1OC)[C@@H]([NH+]1CC[NH+](C)CC1)C[NH2+]C2. The third-order valence-electron chi connectivity index (χ3n) is 5.31. The number of hydrogen-bond acceptors (Lipinski definition) is 3. The van der Waals surface area contributed by atoms with Crippen molar-refractivity contribution in [2.45, 2.75) is 12.6 Å². The quantitative estimate of drug-likeness (QED) is 0.563. The molecule has 0 unspecified atom stereocenters. The van der Waals surface area contributed by atoms with Crippen LogP contribution in [0.1, 0.15) is 17.2 Å². The summed E-state index contributed by atoms with van der Waals surface area (Å²) in [6, 6.07) is 2.58. The Labute approximate surface area is 138 Å². The summed E-state index contributed by atoms with van der Waals surface area (Å²) in [7, 11) is 7.38. The highest BCUT2D eigenvalue weighted by Crippen LogP contribution is 2.44. The molecule has 0 spiro atoms. The first-order valence-corrected chi connectivity index (χ1v) is 8.48. The molecule has 1 aromatic carbocycles. The summed E-state index contributed by atoms with van der Waals surface area (Å²) in [5.41, 5.74) is 2.64. The maximum Gasteiger partial charge on any atom is 0.203 e. The topological polar surface area (TPSA) is 53.2 Å². The Morgan fingerprint density at radius 3 is 2.30 bits per heavy atom. The number of rotatable bonds is 4. The van der Waals surface area contributed by atoms with Crippen molar-refractivity contribution >= 4 is 0 Å². The van der Waals surface area contributed by atoms with Crippen LogP contribution in [0.3, 0.4) is 0 Å². The zero-order chi connectivity index (χ0) is 16.4. The number of likely N-dealkylation sites (N-methyl/N-ethyl adjacent to an activating group) is 1. The van der Waals surface area contributed by atoms with Gasteiger partial charge < -0.3 is 29.3 Å². The Hall–Kier alpha value is -1.50. The van der Waals surface area contributed by atoms with Crippen molar-refractivity contribution in [1.82, 2.24) is 0 Å². The predicted octanol–water partition coefficient (Wildman–Crippen LogP) is -2.76. The van der Waals surface area contributed by atoms with Gasteiger partial charge in [-0.15, -0.1) is 0 Å². The molecule has 2 aliphatic heterocycles. The van der Waals surface area contributed by atoms with Gasteiger partial charge in [0.15, 0.2) is 17.5 Å². The van der Waals surface area contributed by atoms with Crippen molar-refractivity contribution in [3.05, 3.63) is 17.2 Å². The van der Waals surface area contributed by atoms with Gasteiger partial charge in [0.25, 0.3) is 0 Å². The highest BCUT2D eigenvalue weighted by atomic mass is 16.5. The molecule has 2 heterocycles. The monoisotopic (exact) mass is 324 g/mol. The first-order chi connectivity index (χ1) is 11.2. The summed E-state index contributed by atoms with van der Waals surface area (Å²) >= 11 is 0. The Morgan fingerprint density at radius 2 is 1.70 bits per heavy atom. The molecule has 1 aromatic rings. The molecule has 128 valence electrons. The number of nitrogens with two attached hydrogens (primary N) is 1. The standard InChI is InChI=1S/C17H27N3O3/c1-19-5-7-20(8-6-19)13-11-18-10-12-9-14(21-2)16(22-3)17(23-4)15(12)13/h9,13,18H,5-8,10-11H2,1-4H3/p+3/t13-/m0/s1. The van der Waals surface area contributed by atoms with Crippen LogP contribution in [0, 0.1) is 0 Å². The molecule has 0 bridgehead atoms. The van der Waals surface area contributed by atoms with Crippen LogP contribution in [0.5, 0.6) is 17.2 Å². The van der Waals surface area contributed by atoms with Crippen LogP contribution < -0.4 is 29.3 Å². The minimum Gasteiger partial charge on any atom is -0.493 e. The maximum atomic E-state index is 5.78. The Balaban J connectivity index is 2.02. The lowest BCUT2D eigenvalue weighted by molar-refractivity contribution is -1.03. The second kappa shape index (κ2) is 6.95. The third-order valence-corrected chi connectivity index (χ3v) is 5.31. The van der Waals surface area contributed by atoms with Crippen LogP contribution >= 0.6 is 0 Å². The van der Waals surface area contributed by atoms with E-state index >= 15 is 0 Å². The van der Waals surface area contributed by atoms with E-state index in [4.69, 9.17) is 14.2 Å². The Kier molecular flexibility index (Phi) is 4.94. The molecule has 0 aromatic heterocycles. The zero-order valence-electron chi connectivity index (χ0n) is 14.7. The summed E-state index contributed by atoms with van der Waals surface area (Å²) in [6.45, 7) is 6.96. The van der Waals surface area contributed by atoms with E-state index in [1.165, 1.54) is 37.3 Å². The lowest BCUT2D eigenvalue weighted by Gasteiger charge is -2.36. The smallest absolute Gasteiger partial charge is 0.203 e. The Morgan fingerprint density at radius 1 is 1.00 bits per heavy atom. The van der Waals surface area contributed by atoms with Crippen LogP contribution in [0.4, 0.5) is 0 Å². The number of hydrogen-bond donors (Lipinski definition) is 3. The predicted molar refractivity (Wildman–Crippen MR) is 86.7 cm³/mol. The highest BCUT2D eigenvalue weighted by molar-refractivity contribution is 5.60. The molecule has 1 fully saturated rings. The summed E-state index contributed by atoms with van der Waals surface area (Å²) in [6.07, 6.45) is 0. The Bertz CT molecular complexity index is 557. The average Bonchev–Trinajstić information content (AvgIpc) is 2.60. The van der Waals surface area contributed by atoms with Crippen LogP contribution in [0.2, 0.25) is 0 Å². The van der Waals surface area contributed by atoms with Crippen molar-refractivity contribution in [2.75, 3.05) is 61.1 Å². The molecular weight excluding hydrogens is 294 g/mol. The van der Waals surface area contributed by atoms with Crippen LogP contribution in [0.25, 0.3) is 0 Å². The molecule has 6 heteroatoms. The van der Waals surface area contributed by atoms with Gasteiger partial charge in [-0.1, -0.05) is 0 Å². The van der Waals surface area contributed by atoms with Gasteiger partial charge in [-0.2, -0.15) is 0 Å². The summed E-state index contributed by atoms with van der Waals surface area (Å²) < 4.78 is 16.9. The van der Waals surface area contributed by atoms with Gasteiger partial charge >= 0.3 is 0 Å². The van der Waals surface area contributed by atoms with Crippen LogP contribution in [0.15, 0.2) is 6.07 Å². The molecular formula is C17H30N3O3+3. The second-order valence-electron chi connectivity index (χ2n) is 6.61. The lowest BCUT2D eigenvalue weighted by Crippen LogP contribution is -3.28. The van der Waals surface area contributed by atoms with E-state index in [1.54, 1.807) is 31.1 Å². The fourth-order valence-electron chi connectivity index (χ4n) is 4.02. The van der Waals surface area contributed by atoms with Crippen molar-refractivity contribution in [1.29, 1.82) is 0 Å². The van der Waals surface area contributed by atoms with E-state index in [1.807, 2.05) is 0 Å². The van der Waals surface area contributed by atoms with Crippen molar-refractivity contribution in [3.8, 4) is 17.2 Å². The fourth-order valence-corrected chi connectivity index (χ4v) is 4.02. The first-order valence-electron chi connectivity index (χ1n) is 8.48. The molecule has 23 heavy (non-hydrogen) atoms. The molecule has 0 saturated carbocycles. The van der Waals surface area contributed by atoms with E-state index in [-0.39, 0.29) is 0 Å². The number of piperazine rings is 1.